The molecular formula is C38H77N2O6P. The van der Waals surface area contributed by atoms with Crippen LogP contribution in [0.3, 0.4) is 0 Å². The third-order valence-electron chi connectivity index (χ3n) is 8.75. The van der Waals surface area contributed by atoms with E-state index in [0.717, 1.165) is 44.9 Å². The Bertz CT molecular complexity index is 789. The van der Waals surface area contributed by atoms with Crippen LogP contribution in [-0.4, -0.2) is 68.5 Å². The molecule has 3 atom stereocenters. The molecule has 0 saturated carbocycles. The summed E-state index contributed by atoms with van der Waals surface area (Å²) in [6, 6.07) is -0.876. The van der Waals surface area contributed by atoms with E-state index in [1.807, 2.05) is 27.2 Å². The molecule has 47 heavy (non-hydrogen) atoms. The summed E-state index contributed by atoms with van der Waals surface area (Å²) in [5.74, 6) is -0.201. The summed E-state index contributed by atoms with van der Waals surface area (Å²) >= 11 is 0. The van der Waals surface area contributed by atoms with Gasteiger partial charge in [-0.2, -0.15) is 0 Å². The fraction of sp³-hybridized carbons (Fsp3) is 0.921. The molecule has 8 nitrogen and oxygen atoms in total. The monoisotopic (exact) mass is 689 g/mol. The van der Waals surface area contributed by atoms with Gasteiger partial charge in [-0.3, -0.25) is 9.36 Å². The van der Waals surface area contributed by atoms with Gasteiger partial charge in [0.2, 0.25) is 5.91 Å². The lowest BCUT2D eigenvalue weighted by Gasteiger charge is -2.29. The van der Waals surface area contributed by atoms with Gasteiger partial charge in [-0.25, -0.2) is 0 Å². The Kier molecular flexibility index (Phi) is 30.7. The number of aliphatic hydroxyl groups excluding tert-OH is 1. The summed E-state index contributed by atoms with van der Waals surface area (Å²) in [4.78, 5) is 25.0. The average Bonchev–Trinajstić information content (AvgIpc) is 3.01. The van der Waals surface area contributed by atoms with Crippen LogP contribution in [0.2, 0.25) is 0 Å². The number of phosphoric acid groups is 1. The van der Waals surface area contributed by atoms with Crippen molar-refractivity contribution in [3.8, 4) is 0 Å². The zero-order chi connectivity index (χ0) is 35.1. The molecule has 3 unspecified atom stereocenters. The maximum Gasteiger partial charge on any atom is 0.268 e. The number of likely N-dealkylation sites (N-methyl/N-ethyl adjacent to an activating group) is 1. The van der Waals surface area contributed by atoms with E-state index in [0.29, 0.717) is 17.4 Å². The zero-order valence-corrected chi connectivity index (χ0v) is 32.4. The maximum absolute atomic E-state index is 12.7. The number of allylic oxidation sites excluding steroid dienone is 1. The van der Waals surface area contributed by atoms with Gasteiger partial charge in [0.05, 0.1) is 39.9 Å². The first-order valence-electron chi connectivity index (χ1n) is 19.6. The molecule has 0 aliphatic heterocycles. The van der Waals surface area contributed by atoms with E-state index in [9.17, 15) is 19.4 Å². The van der Waals surface area contributed by atoms with Crippen molar-refractivity contribution < 1.29 is 32.9 Å². The molecule has 0 bridgehead atoms. The quantitative estimate of drug-likeness (QED) is 0.0297. The van der Waals surface area contributed by atoms with Crippen molar-refractivity contribution in [2.75, 3.05) is 40.9 Å². The Morgan fingerprint density at radius 1 is 0.723 bits per heavy atom. The SMILES string of the molecule is CCCCCC/C=C/C(O)C(COP(=O)([O-])OCC[N+](C)(C)C)NC(=O)CCCCCCCCCCCCCCCCCCCCC. The molecule has 0 fully saturated rings. The maximum atomic E-state index is 12.7. The molecule has 280 valence electrons. The standard InChI is InChI=1S/C38H77N2O6P/c1-6-8-10-12-14-15-16-17-18-19-20-21-22-23-24-25-26-28-30-32-38(42)39-36(37(41)31-29-27-13-11-9-7-2)35-46-47(43,44)45-34-33-40(3,4)5/h29,31,36-37,41H,6-28,30,32-35H2,1-5H3,(H-,39,42,43,44)/b31-29+. The average molecular weight is 689 g/mol. The number of nitrogens with one attached hydrogen (secondary N) is 1. The second-order valence-electron chi connectivity index (χ2n) is 14.6. The van der Waals surface area contributed by atoms with Gasteiger partial charge in [-0.05, 0) is 19.3 Å². The minimum atomic E-state index is -4.56. The highest BCUT2D eigenvalue weighted by molar-refractivity contribution is 7.45. The summed E-state index contributed by atoms with van der Waals surface area (Å²) in [5, 5.41) is 13.6. The van der Waals surface area contributed by atoms with E-state index < -0.39 is 20.0 Å². The van der Waals surface area contributed by atoms with Gasteiger partial charge in [0.15, 0.2) is 0 Å². The molecule has 0 radical (unpaired) electrons. The predicted molar refractivity (Wildman–Crippen MR) is 196 cm³/mol. The highest BCUT2D eigenvalue weighted by Crippen LogP contribution is 2.38. The number of quaternary nitrogens is 1. The Balaban J connectivity index is 4.20. The minimum Gasteiger partial charge on any atom is -0.756 e. The van der Waals surface area contributed by atoms with Crippen LogP contribution >= 0.6 is 7.82 Å². The lowest BCUT2D eigenvalue weighted by molar-refractivity contribution is -0.870. The van der Waals surface area contributed by atoms with Gasteiger partial charge in [0.1, 0.15) is 13.2 Å². The van der Waals surface area contributed by atoms with E-state index >= 15 is 0 Å². The summed E-state index contributed by atoms with van der Waals surface area (Å²) in [5.41, 5.74) is 0. The first kappa shape index (κ1) is 46.2. The topological polar surface area (TPSA) is 108 Å². The molecule has 9 heteroatoms. The van der Waals surface area contributed by atoms with Crippen LogP contribution < -0.4 is 10.2 Å². The zero-order valence-electron chi connectivity index (χ0n) is 31.5. The number of carbonyl (C=O) groups is 1. The molecule has 1 amide bonds. The molecule has 0 aromatic rings. The number of nitrogens with zero attached hydrogens (tertiary/aromatic N) is 1. The Morgan fingerprint density at radius 2 is 1.15 bits per heavy atom. The number of rotatable bonds is 35. The van der Waals surface area contributed by atoms with E-state index in [1.54, 1.807) is 6.08 Å². The van der Waals surface area contributed by atoms with E-state index in [2.05, 4.69) is 19.2 Å². The molecule has 0 spiro atoms. The number of unbranched alkanes of at least 4 members (excludes halogenated alkanes) is 22. The molecule has 0 aliphatic carbocycles. The number of hydrogen-bond acceptors (Lipinski definition) is 6. The molecule has 2 N–H and O–H groups in total. The lowest BCUT2D eigenvalue weighted by Crippen LogP contribution is -2.45. The molecule has 0 aliphatic rings. The summed E-state index contributed by atoms with van der Waals surface area (Å²) in [6.07, 6.45) is 32.8. The number of phosphoric ester groups is 1. The van der Waals surface area contributed by atoms with E-state index in [-0.39, 0.29) is 19.1 Å². The van der Waals surface area contributed by atoms with Gasteiger partial charge >= 0.3 is 0 Å². The van der Waals surface area contributed by atoms with Gasteiger partial charge < -0.3 is 28.8 Å². The molecule has 0 rings (SSSR count). The second-order valence-corrected chi connectivity index (χ2v) is 16.1. The fourth-order valence-electron chi connectivity index (χ4n) is 5.56. The van der Waals surface area contributed by atoms with Gasteiger partial charge in [-0.1, -0.05) is 161 Å². The van der Waals surface area contributed by atoms with E-state index in [4.69, 9.17) is 9.05 Å². The van der Waals surface area contributed by atoms with Crippen molar-refractivity contribution >= 4 is 13.7 Å². The first-order chi connectivity index (χ1) is 22.5. The molecular weight excluding hydrogens is 611 g/mol. The number of hydrogen-bond donors (Lipinski definition) is 2. The molecule has 0 heterocycles. The minimum absolute atomic E-state index is 0.000913. The second kappa shape index (κ2) is 31.2. The van der Waals surface area contributed by atoms with Crippen molar-refractivity contribution in [3.05, 3.63) is 12.2 Å². The summed E-state index contributed by atoms with van der Waals surface area (Å²) in [6.45, 7) is 4.56. The third-order valence-corrected chi connectivity index (χ3v) is 9.71. The normalized spacial score (nSPS) is 14.8. The molecule has 0 saturated heterocycles. The predicted octanol–water partition coefficient (Wildman–Crippen LogP) is 9.39. The number of amides is 1. The smallest absolute Gasteiger partial charge is 0.268 e. The third kappa shape index (κ3) is 33.5. The van der Waals surface area contributed by atoms with Gasteiger partial charge in [0, 0.05) is 6.42 Å². The fourth-order valence-corrected chi connectivity index (χ4v) is 6.29. The van der Waals surface area contributed by atoms with Crippen LogP contribution in [0.1, 0.15) is 174 Å². The van der Waals surface area contributed by atoms with Crippen molar-refractivity contribution in [2.24, 2.45) is 0 Å². The summed E-state index contributed by atoms with van der Waals surface area (Å²) < 4.78 is 23.0. The Labute approximate surface area is 291 Å². The highest BCUT2D eigenvalue weighted by atomic mass is 31.2. The lowest BCUT2D eigenvalue weighted by atomic mass is 10.0. The summed E-state index contributed by atoms with van der Waals surface area (Å²) in [7, 11) is 1.26. The molecule has 0 aromatic carbocycles. The van der Waals surface area contributed by atoms with Crippen molar-refractivity contribution in [1.29, 1.82) is 0 Å². The Hall–Kier alpha value is -0.760. The van der Waals surface area contributed by atoms with Crippen LogP contribution in [-0.2, 0) is 18.4 Å². The largest absolute Gasteiger partial charge is 0.756 e. The molecule has 0 aromatic heterocycles. The van der Waals surface area contributed by atoms with Crippen LogP contribution in [0.4, 0.5) is 0 Å². The van der Waals surface area contributed by atoms with Crippen LogP contribution in [0.5, 0.6) is 0 Å². The first-order valence-corrected chi connectivity index (χ1v) is 21.0. The van der Waals surface area contributed by atoms with Crippen molar-refractivity contribution in [3.63, 3.8) is 0 Å². The van der Waals surface area contributed by atoms with E-state index in [1.165, 1.54) is 109 Å². The number of aliphatic hydroxyl groups is 1. The van der Waals surface area contributed by atoms with Crippen molar-refractivity contribution in [2.45, 2.75) is 187 Å². The van der Waals surface area contributed by atoms with Gasteiger partial charge in [-0.15, -0.1) is 0 Å². The number of carbonyl (C=O) groups excluding carboxylic acids is 1. The highest BCUT2D eigenvalue weighted by Gasteiger charge is 2.23. The van der Waals surface area contributed by atoms with Crippen molar-refractivity contribution in [1.82, 2.24) is 5.32 Å². The van der Waals surface area contributed by atoms with Crippen LogP contribution in [0.25, 0.3) is 0 Å². The van der Waals surface area contributed by atoms with Gasteiger partial charge in [0.25, 0.3) is 7.82 Å². The van der Waals surface area contributed by atoms with Crippen LogP contribution in [0.15, 0.2) is 12.2 Å². The van der Waals surface area contributed by atoms with Crippen LogP contribution in [0, 0.1) is 0 Å². The Morgan fingerprint density at radius 3 is 1.60 bits per heavy atom.